The Morgan fingerprint density at radius 3 is 2.48 bits per heavy atom. The molecule has 6 heteroatoms. The minimum atomic E-state index is -0.492. The van der Waals surface area contributed by atoms with Gasteiger partial charge in [0.25, 0.3) is 5.91 Å². The number of carbonyl (C=O) groups is 1. The fourth-order valence-electron chi connectivity index (χ4n) is 4.24. The third kappa shape index (κ3) is 4.61. The predicted octanol–water partition coefficient (Wildman–Crippen LogP) is 2.79. The molecule has 0 N–H and O–H groups in total. The second-order valence-corrected chi connectivity index (χ2v) is 7.86. The lowest BCUT2D eigenvalue weighted by atomic mass is 9.99. The molecular formula is C21H32N2O4. The Hall–Kier alpha value is -1.66. The van der Waals surface area contributed by atoms with Gasteiger partial charge in [0.15, 0.2) is 0 Å². The lowest BCUT2D eigenvalue weighted by molar-refractivity contribution is 0.00153. The quantitative estimate of drug-likeness (QED) is 0.791. The molecule has 0 aromatic carbocycles. The maximum atomic E-state index is 13.0. The Kier molecular flexibility index (Phi) is 6.71. The van der Waals surface area contributed by atoms with Crippen LogP contribution in [0.25, 0.3) is 0 Å². The van der Waals surface area contributed by atoms with Crippen molar-refractivity contribution in [1.82, 2.24) is 9.80 Å². The summed E-state index contributed by atoms with van der Waals surface area (Å²) in [5.74, 6) is 0.688. The largest absolute Gasteiger partial charge is 0.427 e. The first-order valence-electron chi connectivity index (χ1n) is 10.3. The van der Waals surface area contributed by atoms with E-state index < -0.39 is 5.63 Å². The van der Waals surface area contributed by atoms with E-state index in [1.54, 1.807) is 0 Å². The minimum Gasteiger partial charge on any atom is -0.427 e. The summed E-state index contributed by atoms with van der Waals surface area (Å²) in [4.78, 5) is 29.8. The predicted molar refractivity (Wildman–Crippen MR) is 104 cm³/mol. The van der Waals surface area contributed by atoms with Crippen LogP contribution in [-0.2, 0) is 4.74 Å². The van der Waals surface area contributed by atoms with Crippen LogP contribution in [0.1, 0.15) is 67.1 Å². The third-order valence-corrected chi connectivity index (χ3v) is 5.90. The number of ether oxygens (including phenoxy) is 1. The number of aryl methyl sites for hydroxylation is 1. The van der Waals surface area contributed by atoms with Crippen molar-refractivity contribution in [3.63, 3.8) is 0 Å². The minimum absolute atomic E-state index is 0.184. The molecular weight excluding hydrogens is 344 g/mol. The molecule has 2 fully saturated rings. The third-order valence-electron chi connectivity index (χ3n) is 5.90. The first-order valence-corrected chi connectivity index (χ1v) is 10.3. The molecule has 0 radical (unpaired) electrons. The summed E-state index contributed by atoms with van der Waals surface area (Å²) < 4.78 is 10.9. The number of hydrogen-bond donors (Lipinski definition) is 0. The highest BCUT2D eigenvalue weighted by Gasteiger charge is 2.30. The number of amides is 1. The second kappa shape index (κ2) is 9.02. The fourth-order valence-corrected chi connectivity index (χ4v) is 4.24. The van der Waals surface area contributed by atoms with E-state index >= 15 is 0 Å². The molecule has 6 nitrogen and oxygen atoms in total. The Bertz CT molecular complexity index is 701. The van der Waals surface area contributed by atoms with Crippen LogP contribution < -0.4 is 5.63 Å². The zero-order valence-electron chi connectivity index (χ0n) is 16.8. The van der Waals surface area contributed by atoms with E-state index in [9.17, 15) is 9.59 Å². The van der Waals surface area contributed by atoms with Crippen molar-refractivity contribution < 1.29 is 13.9 Å². The fraction of sp³-hybridized carbons (Fsp3) is 0.714. The van der Waals surface area contributed by atoms with E-state index in [-0.39, 0.29) is 17.4 Å². The summed E-state index contributed by atoms with van der Waals surface area (Å²) in [6.45, 7) is 10.9. The molecule has 0 saturated carbocycles. The SMILES string of the molecule is CCCC(C)c1cc(C)c(C(=O)N2CCC(N3CCOCC3)CC2)c(=O)o1. The number of hydrogen-bond acceptors (Lipinski definition) is 5. The number of piperidine rings is 1. The second-order valence-electron chi connectivity index (χ2n) is 7.86. The van der Waals surface area contributed by atoms with E-state index in [1.807, 2.05) is 17.9 Å². The van der Waals surface area contributed by atoms with Crippen LogP contribution in [0.4, 0.5) is 0 Å². The van der Waals surface area contributed by atoms with E-state index in [2.05, 4.69) is 18.7 Å². The summed E-state index contributed by atoms with van der Waals surface area (Å²) in [5.41, 5.74) is 0.435. The van der Waals surface area contributed by atoms with Gasteiger partial charge in [-0.05, 0) is 37.8 Å². The highest BCUT2D eigenvalue weighted by molar-refractivity contribution is 5.95. The monoisotopic (exact) mass is 376 g/mol. The normalized spacial score (nSPS) is 20.6. The summed E-state index contributed by atoms with van der Waals surface area (Å²) >= 11 is 0. The van der Waals surface area contributed by atoms with Crippen molar-refractivity contribution in [2.24, 2.45) is 0 Å². The zero-order chi connectivity index (χ0) is 19.4. The summed E-state index contributed by atoms with van der Waals surface area (Å²) in [6.07, 6.45) is 3.89. The van der Waals surface area contributed by atoms with Gasteiger partial charge >= 0.3 is 5.63 Å². The molecule has 150 valence electrons. The Morgan fingerprint density at radius 1 is 1.22 bits per heavy atom. The molecule has 1 aromatic heterocycles. The Labute approximate surface area is 161 Å². The molecule has 3 heterocycles. The van der Waals surface area contributed by atoms with Gasteiger partial charge < -0.3 is 14.1 Å². The van der Waals surface area contributed by atoms with Crippen LogP contribution in [-0.4, -0.2) is 61.1 Å². The van der Waals surface area contributed by atoms with Gasteiger partial charge in [0.1, 0.15) is 11.3 Å². The van der Waals surface area contributed by atoms with Gasteiger partial charge in [0, 0.05) is 38.1 Å². The molecule has 2 saturated heterocycles. The standard InChI is InChI=1S/C21H32N2O4/c1-4-5-15(2)18-14-16(3)19(21(25)27-18)20(24)23-8-6-17(7-9-23)22-10-12-26-13-11-22/h14-15,17H,4-13H2,1-3H3. The van der Waals surface area contributed by atoms with Gasteiger partial charge in [0.05, 0.1) is 13.2 Å². The van der Waals surface area contributed by atoms with Gasteiger partial charge in [-0.2, -0.15) is 0 Å². The topological polar surface area (TPSA) is 63.0 Å². The first kappa shape index (κ1) is 20.1. The molecule has 27 heavy (non-hydrogen) atoms. The lowest BCUT2D eigenvalue weighted by Gasteiger charge is -2.40. The van der Waals surface area contributed by atoms with E-state index in [4.69, 9.17) is 9.15 Å². The summed E-state index contributed by atoms with van der Waals surface area (Å²) in [7, 11) is 0. The molecule has 2 aliphatic heterocycles. The van der Waals surface area contributed by atoms with E-state index in [0.29, 0.717) is 24.9 Å². The molecule has 0 spiro atoms. The number of nitrogens with zero attached hydrogens (tertiary/aromatic N) is 2. The Morgan fingerprint density at radius 2 is 1.89 bits per heavy atom. The van der Waals surface area contributed by atoms with Crippen molar-refractivity contribution in [3.8, 4) is 0 Å². The summed E-state index contributed by atoms with van der Waals surface area (Å²) in [5, 5.41) is 0. The van der Waals surface area contributed by atoms with E-state index in [1.165, 1.54) is 0 Å². The number of morpholine rings is 1. The van der Waals surface area contributed by atoms with Crippen molar-refractivity contribution in [2.45, 2.75) is 58.4 Å². The van der Waals surface area contributed by atoms with Crippen LogP contribution in [0.2, 0.25) is 0 Å². The Balaban J connectivity index is 1.67. The molecule has 0 aliphatic carbocycles. The van der Waals surface area contributed by atoms with Crippen LogP contribution >= 0.6 is 0 Å². The lowest BCUT2D eigenvalue weighted by Crippen LogP contribution is -2.50. The zero-order valence-corrected chi connectivity index (χ0v) is 16.8. The highest BCUT2D eigenvalue weighted by Crippen LogP contribution is 2.23. The number of rotatable bonds is 5. The van der Waals surface area contributed by atoms with Gasteiger partial charge in [-0.15, -0.1) is 0 Å². The molecule has 3 rings (SSSR count). The van der Waals surface area contributed by atoms with Crippen LogP contribution in [0, 0.1) is 6.92 Å². The molecule has 2 aliphatic rings. The smallest absolute Gasteiger partial charge is 0.349 e. The number of carbonyl (C=O) groups excluding carboxylic acids is 1. The highest BCUT2D eigenvalue weighted by atomic mass is 16.5. The summed E-state index contributed by atoms with van der Waals surface area (Å²) in [6, 6.07) is 2.38. The molecule has 1 aromatic rings. The van der Waals surface area contributed by atoms with Gasteiger partial charge in [0.2, 0.25) is 0 Å². The molecule has 1 unspecified atom stereocenters. The van der Waals surface area contributed by atoms with Crippen LogP contribution in [0.5, 0.6) is 0 Å². The maximum Gasteiger partial charge on any atom is 0.349 e. The van der Waals surface area contributed by atoms with Crippen molar-refractivity contribution in [1.29, 1.82) is 0 Å². The maximum absolute atomic E-state index is 13.0. The van der Waals surface area contributed by atoms with Gasteiger partial charge in [-0.3, -0.25) is 9.69 Å². The van der Waals surface area contributed by atoms with Crippen LogP contribution in [0.3, 0.4) is 0 Å². The molecule has 1 amide bonds. The van der Waals surface area contributed by atoms with Crippen molar-refractivity contribution >= 4 is 5.91 Å². The average molecular weight is 376 g/mol. The number of likely N-dealkylation sites (tertiary alicyclic amines) is 1. The van der Waals surface area contributed by atoms with Gasteiger partial charge in [-0.25, -0.2) is 4.79 Å². The average Bonchev–Trinajstić information content (AvgIpc) is 2.68. The van der Waals surface area contributed by atoms with Gasteiger partial charge in [-0.1, -0.05) is 20.3 Å². The van der Waals surface area contributed by atoms with Crippen molar-refractivity contribution in [2.75, 3.05) is 39.4 Å². The van der Waals surface area contributed by atoms with E-state index in [0.717, 1.165) is 57.6 Å². The molecule has 0 bridgehead atoms. The molecule has 1 atom stereocenters. The van der Waals surface area contributed by atoms with Crippen LogP contribution in [0.15, 0.2) is 15.3 Å². The van der Waals surface area contributed by atoms with Crippen molar-refractivity contribution in [3.05, 3.63) is 33.4 Å². The first-order chi connectivity index (χ1) is 13.0.